The third-order valence-electron chi connectivity index (χ3n) is 3.03. The molecule has 1 aromatic rings. The highest BCUT2D eigenvalue weighted by Gasteiger charge is 2.32. The Morgan fingerprint density at radius 2 is 2.25 bits per heavy atom. The van der Waals surface area contributed by atoms with Crippen molar-refractivity contribution in [2.24, 2.45) is 5.84 Å². The van der Waals surface area contributed by atoms with Gasteiger partial charge in [0.25, 0.3) is 0 Å². The maximum absolute atomic E-state index is 13.5. The van der Waals surface area contributed by atoms with Crippen molar-refractivity contribution in [3.05, 3.63) is 29.6 Å². The summed E-state index contributed by atoms with van der Waals surface area (Å²) < 4.78 is 19.2. The number of nitrogens with one attached hydrogen (secondary N) is 1. The molecule has 3 N–H and O–H groups in total. The SMILES string of the molecule is CC1(C)C[C@@H](c2ccc(NN)c(F)c2)CO1. The Hall–Kier alpha value is -1.13. The zero-order chi connectivity index (χ0) is 11.8. The van der Waals surface area contributed by atoms with Crippen molar-refractivity contribution in [1.82, 2.24) is 0 Å². The third kappa shape index (κ3) is 2.18. The molecule has 0 amide bonds. The van der Waals surface area contributed by atoms with Crippen molar-refractivity contribution >= 4 is 5.69 Å². The molecule has 88 valence electrons. The van der Waals surface area contributed by atoms with Crippen molar-refractivity contribution in [3.8, 4) is 0 Å². The largest absolute Gasteiger partial charge is 0.375 e. The molecule has 16 heavy (non-hydrogen) atoms. The lowest BCUT2D eigenvalue weighted by atomic mass is 9.91. The van der Waals surface area contributed by atoms with Crippen molar-refractivity contribution in [1.29, 1.82) is 0 Å². The molecule has 0 unspecified atom stereocenters. The predicted octanol–water partition coefficient (Wildman–Crippen LogP) is 2.39. The average molecular weight is 224 g/mol. The lowest BCUT2D eigenvalue weighted by Gasteiger charge is -2.16. The number of hydrogen-bond donors (Lipinski definition) is 2. The van der Waals surface area contributed by atoms with E-state index < -0.39 is 0 Å². The Kier molecular flexibility index (Phi) is 2.86. The molecule has 1 atom stereocenters. The molecule has 3 nitrogen and oxygen atoms in total. The Balaban J connectivity index is 2.20. The molecule has 1 saturated heterocycles. The Bertz CT molecular complexity index is 393. The van der Waals surface area contributed by atoms with Crippen LogP contribution in [0.4, 0.5) is 10.1 Å². The van der Waals surface area contributed by atoms with Gasteiger partial charge in [-0.1, -0.05) is 6.07 Å². The minimum Gasteiger partial charge on any atom is -0.375 e. The van der Waals surface area contributed by atoms with Gasteiger partial charge in [0.15, 0.2) is 0 Å². The first-order chi connectivity index (χ1) is 7.52. The van der Waals surface area contributed by atoms with E-state index in [9.17, 15) is 4.39 Å². The fourth-order valence-corrected chi connectivity index (χ4v) is 2.15. The molecule has 2 rings (SSSR count). The van der Waals surface area contributed by atoms with E-state index in [0.717, 1.165) is 12.0 Å². The molecule has 1 aromatic carbocycles. The normalized spacial score (nSPS) is 23.4. The summed E-state index contributed by atoms with van der Waals surface area (Å²) in [6.07, 6.45) is 0.918. The summed E-state index contributed by atoms with van der Waals surface area (Å²) in [5.41, 5.74) is 3.51. The standard InChI is InChI=1S/C12H17FN2O/c1-12(2)6-9(7-16-12)8-3-4-11(15-14)10(13)5-8/h3-5,9,15H,6-7,14H2,1-2H3/t9-/m1/s1. The Morgan fingerprint density at radius 1 is 1.50 bits per heavy atom. The highest BCUT2D eigenvalue weighted by molar-refractivity contribution is 5.45. The molecule has 1 aliphatic heterocycles. The molecule has 0 radical (unpaired) electrons. The molecule has 1 aliphatic rings. The van der Waals surface area contributed by atoms with Gasteiger partial charge in [-0.25, -0.2) is 4.39 Å². The summed E-state index contributed by atoms with van der Waals surface area (Å²) in [5.74, 6) is 5.14. The fraction of sp³-hybridized carbons (Fsp3) is 0.500. The maximum atomic E-state index is 13.5. The van der Waals surface area contributed by atoms with Crippen LogP contribution in [0.25, 0.3) is 0 Å². The van der Waals surface area contributed by atoms with Crippen molar-refractivity contribution < 1.29 is 9.13 Å². The van der Waals surface area contributed by atoms with Crippen LogP contribution in [0.2, 0.25) is 0 Å². The van der Waals surface area contributed by atoms with Crippen LogP contribution in [0.3, 0.4) is 0 Å². The highest BCUT2D eigenvalue weighted by Crippen LogP contribution is 2.36. The molecular weight excluding hydrogens is 207 g/mol. The number of halogens is 1. The Labute approximate surface area is 94.8 Å². The van der Waals surface area contributed by atoms with Gasteiger partial charge in [0.2, 0.25) is 0 Å². The van der Waals surface area contributed by atoms with E-state index in [1.807, 2.05) is 6.07 Å². The molecule has 4 heteroatoms. The first-order valence-corrected chi connectivity index (χ1v) is 5.42. The second-order valence-electron chi connectivity index (χ2n) is 4.86. The van der Waals surface area contributed by atoms with Gasteiger partial charge >= 0.3 is 0 Å². The Morgan fingerprint density at radius 3 is 2.75 bits per heavy atom. The van der Waals surface area contributed by atoms with E-state index in [1.54, 1.807) is 6.07 Å². The van der Waals surface area contributed by atoms with Gasteiger partial charge in [-0.05, 0) is 38.0 Å². The molecule has 0 aromatic heterocycles. The number of rotatable bonds is 2. The van der Waals surface area contributed by atoms with Crippen LogP contribution < -0.4 is 11.3 Å². The number of hydrogen-bond acceptors (Lipinski definition) is 3. The summed E-state index contributed by atoms with van der Waals surface area (Å²) in [6.45, 7) is 4.76. The number of benzene rings is 1. The van der Waals surface area contributed by atoms with Gasteiger partial charge in [0.1, 0.15) is 5.82 Å². The number of anilines is 1. The number of hydrazine groups is 1. The minimum absolute atomic E-state index is 0.105. The maximum Gasteiger partial charge on any atom is 0.147 e. The van der Waals surface area contributed by atoms with Gasteiger partial charge < -0.3 is 10.2 Å². The molecule has 0 spiro atoms. The van der Waals surface area contributed by atoms with E-state index in [-0.39, 0.29) is 17.3 Å². The van der Waals surface area contributed by atoms with Crippen molar-refractivity contribution in [2.75, 3.05) is 12.0 Å². The van der Waals surface area contributed by atoms with Gasteiger partial charge in [-0.3, -0.25) is 5.84 Å². The predicted molar refractivity (Wildman–Crippen MR) is 61.6 cm³/mol. The first kappa shape index (κ1) is 11.4. The lowest BCUT2D eigenvalue weighted by molar-refractivity contribution is 0.0361. The van der Waals surface area contributed by atoms with Crippen LogP contribution in [-0.4, -0.2) is 12.2 Å². The number of ether oxygens (including phenoxy) is 1. The van der Waals surface area contributed by atoms with Crippen LogP contribution in [0, 0.1) is 5.82 Å². The van der Waals surface area contributed by atoms with Gasteiger partial charge in [0.05, 0.1) is 17.9 Å². The summed E-state index contributed by atoms with van der Waals surface area (Å²) in [6, 6.07) is 5.09. The summed E-state index contributed by atoms with van der Waals surface area (Å²) in [7, 11) is 0. The van der Waals surface area contributed by atoms with E-state index in [0.29, 0.717) is 12.3 Å². The van der Waals surface area contributed by atoms with Crippen molar-refractivity contribution in [3.63, 3.8) is 0 Å². The van der Waals surface area contributed by atoms with Crippen LogP contribution >= 0.6 is 0 Å². The molecular formula is C12H17FN2O. The van der Waals surface area contributed by atoms with Crippen LogP contribution in [-0.2, 0) is 4.74 Å². The van der Waals surface area contributed by atoms with Gasteiger partial charge in [-0.2, -0.15) is 0 Å². The van der Waals surface area contributed by atoms with E-state index in [1.165, 1.54) is 6.07 Å². The molecule has 0 saturated carbocycles. The zero-order valence-electron chi connectivity index (χ0n) is 9.59. The number of nitrogens with two attached hydrogens (primary N) is 1. The molecule has 0 aliphatic carbocycles. The minimum atomic E-state index is -0.315. The monoisotopic (exact) mass is 224 g/mol. The van der Waals surface area contributed by atoms with E-state index >= 15 is 0 Å². The summed E-state index contributed by atoms with van der Waals surface area (Å²) in [4.78, 5) is 0. The number of nitrogen functional groups attached to an aromatic ring is 1. The second-order valence-corrected chi connectivity index (χ2v) is 4.86. The zero-order valence-corrected chi connectivity index (χ0v) is 9.59. The van der Waals surface area contributed by atoms with Crippen molar-refractivity contribution in [2.45, 2.75) is 31.8 Å². The van der Waals surface area contributed by atoms with Crippen LogP contribution in [0.15, 0.2) is 18.2 Å². The van der Waals surface area contributed by atoms with Gasteiger partial charge in [0, 0.05) is 5.92 Å². The quantitative estimate of drug-likeness (QED) is 0.599. The molecule has 1 heterocycles. The first-order valence-electron chi connectivity index (χ1n) is 5.42. The van der Waals surface area contributed by atoms with Crippen LogP contribution in [0.1, 0.15) is 31.7 Å². The van der Waals surface area contributed by atoms with Gasteiger partial charge in [-0.15, -0.1) is 0 Å². The summed E-state index contributed by atoms with van der Waals surface area (Å²) in [5, 5.41) is 0. The fourth-order valence-electron chi connectivity index (χ4n) is 2.15. The third-order valence-corrected chi connectivity index (χ3v) is 3.03. The second kappa shape index (κ2) is 4.03. The smallest absolute Gasteiger partial charge is 0.147 e. The topological polar surface area (TPSA) is 47.3 Å². The highest BCUT2D eigenvalue weighted by atomic mass is 19.1. The molecule has 1 fully saturated rings. The van der Waals surface area contributed by atoms with Crippen LogP contribution in [0.5, 0.6) is 0 Å². The van der Waals surface area contributed by atoms with E-state index in [4.69, 9.17) is 10.6 Å². The molecule has 0 bridgehead atoms. The average Bonchev–Trinajstić information content (AvgIpc) is 2.59. The summed E-state index contributed by atoms with van der Waals surface area (Å²) >= 11 is 0. The van der Waals surface area contributed by atoms with E-state index in [2.05, 4.69) is 19.3 Å². The lowest BCUT2D eigenvalue weighted by Crippen LogP contribution is -2.16.